The standard InChI is InChI=1S/C21H26N2O6S/c1-4-29-21(25)16-10-12-17(13-11-16)22-20(24)9-6-14-23(30(3,26)27)18-7-5-8-19(15-18)28-2/h5,7-8,10-13,15H,4,6,9,14H2,1-3H3,(H,22,24). The molecule has 0 atom stereocenters. The molecular weight excluding hydrogens is 408 g/mol. The molecule has 0 aliphatic rings. The first kappa shape index (κ1) is 23.2. The number of carbonyl (C=O) groups excluding carboxylic acids is 2. The quantitative estimate of drug-likeness (QED) is 0.577. The number of ether oxygens (including phenoxy) is 2. The van der Waals surface area contributed by atoms with E-state index in [1.807, 2.05) is 0 Å². The van der Waals surface area contributed by atoms with E-state index in [4.69, 9.17) is 9.47 Å². The van der Waals surface area contributed by atoms with Crippen molar-refractivity contribution in [1.82, 2.24) is 0 Å². The van der Waals surface area contributed by atoms with Crippen molar-refractivity contribution < 1.29 is 27.5 Å². The third kappa shape index (κ3) is 6.77. The Kier molecular flexibility index (Phi) is 8.23. The summed E-state index contributed by atoms with van der Waals surface area (Å²) in [6, 6.07) is 13.1. The monoisotopic (exact) mass is 434 g/mol. The van der Waals surface area contributed by atoms with Gasteiger partial charge in [0.25, 0.3) is 0 Å². The molecule has 0 saturated heterocycles. The topological polar surface area (TPSA) is 102 Å². The van der Waals surface area contributed by atoms with E-state index in [2.05, 4.69) is 5.32 Å². The van der Waals surface area contributed by atoms with Crippen LogP contribution in [0.15, 0.2) is 48.5 Å². The van der Waals surface area contributed by atoms with E-state index in [1.54, 1.807) is 55.5 Å². The number of sulfonamides is 1. The van der Waals surface area contributed by atoms with Gasteiger partial charge in [0.2, 0.25) is 15.9 Å². The maximum Gasteiger partial charge on any atom is 0.338 e. The molecule has 8 nitrogen and oxygen atoms in total. The number of carbonyl (C=O) groups is 2. The highest BCUT2D eigenvalue weighted by molar-refractivity contribution is 7.92. The predicted molar refractivity (Wildman–Crippen MR) is 115 cm³/mol. The number of methoxy groups -OCH3 is 1. The van der Waals surface area contributed by atoms with Crippen LogP contribution in [-0.4, -0.2) is 46.8 Å². The van der Waals surface area contributed by atoms with Crippen molar-refractivity contribution in [2.75, 3.05) is 36.1 Å². The first-order valence-electron chi connectivity index (χ1n) is 9.43. The number of amides is 1. The van der Waals surface area contributed by atoms with Crippen molar-refractivity contribution in [2.45, 2.75) is 19.8 Å². The lowest BCUT2D eigenvalue weighted by Crippen LogP contribution is -2.31. The van der Waals surface area contributed by atoms with Crippen molar-refractivity contribution in [3.63, 3.8) is 0 Å². The van der Waals surface area contributed by atoms with Gasteiger partial charge in [-0.15, -0.1) is 0 Å². The van der Waals surface area contributed by atoms with Crippen molar-refractivity contribution >= 4 is 33.3 Å². The van der Waals surface area contributed by atoms with E-state index in [1.165, 1.54) is 11.4 Å². The van der Waals surface area contributed by atoms with Gasteiger partial charge in [0.05, 0.1) is 31.2 Å². The number of nitrogens with one attached hydrogen (secondary N) is 1. The summed E-state index contributed by atoms with van der Waals surface area (Å²) in [4.78, 5) is 23.9. The molecule has 30 heavy (non-hydrogen) atoms. The number of hydrogen-bond donors (Lipinski definition) is 1. The molecule has 0 aliphatic carbocycles. The summed E-state index contributed by atoms with van der Waals surface area (Å²) in [5.41, 5.74) is 1.42. The highest BCUT2D eigenvalue weighted by Gasteiger charge is 2.18. The average Bonchev–Trinajstić information content (AvgIpc) is 2.71. The minimum atomic E-state index is -3.52. The van der Waals surface area contributed by atoms with Gasteiger partial charge >= 0.3 is 5.97 Å². The van der Waals surface area contributed by atoms with E-state index < -0.39 is 16.0 Å². The fourth-order valence-corrected chi connectivity index (χ4v) is 3.72. The largest absolute Gasteiger partial charge is 0.497 e. The van der Waals surface area contributed by atoms with Crippen molar-refractivity contribution in [3.8, 4) is 5.75 Å². The lowest BCUT2D eigenvalue weighted by Gasteiger charge is -2.22. The molecule has 1 N–H and O–H groups in total. The Hall–Kier alpha value is -3.07. The van der Waals surface area contributed by atoms with Crippen LogP contribution in [0.5, 0.6) is 5.75 Å². The number of rotatable bonds is 10. The Morgan fingerprint density at radius 3 is 2.40 bits per heavy atom. The molecule has 0 spiro atoms. The van der Waals surface area contributed by atoms with E-state index in [0.717, 1.165) is 6.26 Å². The van der Waals surface area contributed by atoms with Crippen LogP contribution in [0.2, 0.25) is 0 Å². The second-order valence-corrected chi connectivity index (χ2v) is 8.39. The summed E-state index contributed by atoms with van der Waals surface area (Å²) in [5.74, 6) is -0.128. The summed E-state index contributed by atoms with van der Waals surface area (Å²) in [6.07, 6.45) is 1.59. The zero-order valence-corrected chi connectivity index (χ0v) is 18.1. The summed E-state index contributed by atoms with van der Waals surface area (Å²) in [7, 11) is -2.01. The first-order valence-corrected chi connectivity index (χ1v) is 11.3. The Morgan fingerprint density at radius 2 is 1.80 bits per heavy atom. The molecule has 0 unspecified atom stereocenters. The summed E-state index contributed by atoms with van der Waals surface area (Å²) >= 11 is 0. The van der Waals surface area contributed by atoms with Gasteiger partial charge in [-0.1, -0.05) is 6.07 Å². The summed E-state index contributed by atoms with van der Waals surface area (Å²) in [5, 5.41) is 2.73. The molecule has 0 aliphatic heterocycles. The van der Waals surface area contributed by atoms with Gasteiger partial charge in [-0.25, -0.2) is 13.2 Å². The Labute approximate surface area is 176 Å². The number of benzene rings is 2. The van der Waals surface area contributed by atoms with Gasteiger partial charge in [-0.2, -0.15) is 0 Å². The summed E-state index contributed by atoms with van der Waals surface area (Å²) in [6.45, 7) is 2.17. The van der Waals surface area contributed by atoms with Crippen LogP contribution < -0.4 is 14.4 Å². The van der Waals surface area contributed by atoms with Crippen LogP contribution >= 0.6 is 0 Å². The van der Waals surface area contributed by atoms with Crippen LogP contribution in [0.4, 0.5) is 11.4 Å². The average molecular weight is 435 g/mol. The van der Waals surface area contributed by atoms with E-state index in [0.29, 0.717) is 29.1 Å². The molecular formula is C21H26N2O6S. The van der Waals surface area contributed by atoms with Crippen LogP contribution in [0.3, 0.4) is 0 Å². The first-order chi connectivity index (χ1) is 14.2. The third-order valence-electron chi connectivity index (χ3n) is 4.19. The molecule has 0 bridgehead atoms. The molecule has 0 fully saturated rings. The third-order valence-corrected chi connectivity index (χ3v) is 5.38. The van der Waals surface area contributed by atoms with E-state index in [9.17, 15) is 18.0 Å². The lowest BCUT2D eigenvalue weighted by molar-refractivity contribution is -0.116. The molecule has 1 amide bonds. The van der Waals surface area contributed by atoms with Crippen molar-refractivity contribution in [2.24, 2.45) is 0 Å². The van der Waals surface area contributed by atoms with Crippen LogP contribution in [-0.2, 0) is 19.6 Å². The van der Waals surface area contributed by atoms with Gasteiger partial charge in [0, 0.05) is 24.7 Å². The van der Waals surface area contributed by atoms with E-state index in [-0.39, 0.29) is 25.5 Å². The number of esters is 1. The molecule has 0 radical (unpaired) electrons. The maximum absolute atomic E-state index is 12.2. The molecule has 2 aromatic rings. The normalized spacial score (nSPS) is 10.9. The smallest absolute Gasteiger partial charge is 0.338 e. The van der Waals surface area contributed by atoms with Crippen LogP contribution in [0, 0.1) is 0 Å². The zero-order valence-electron chi connectivity index (χ0n) is 17.3. The van der Waals surface area contributed by atoms with Gasteiger partial charge in [-0.05, 0) is 49.7 Å². The number of hydrogen-bond acceptors (Lipinski definition) is 6. The molecule has 0 saturated carbocycles. The molecule has 162 valence electrons. The molecule has 0 heterocycles. The van der Waals surface area contributed by atoms with Gasteiger partial charge < -0.3 is 14.8 Å². The van der Waals surface area contributed by atoms with Crippen LogP contribution in [0.1, 0.15) is 30.1 Å². The van der Waals surface area contributed by atoms with Crippen molar-refractivity contribution in [3.05, 3.63) is 54.1 Å². The second-order valence-electron chi connectivity index (χ2n) is 6.49. The maximum atomic E-state index is 12.2. The molecule has 9 heteroatoms. The zero-order chi connectivity index (χ0) is 22.1. The molecule has 2 rings (SSSR count). The lowest BCUT2D eigenvalue weighted by atomic mass is 10.2. The predicted octanol–water partition coefficient (Wildman–Crippen LogP) is 3.06. The Morgan fingerprint density at radius 1 is 1.10 bits per heavy atom. The van der Waals surface area contributed by atoms with Crippen molar-refractivity contribution in [1.29, 1.82) is 0 Å². The van der Waals surface area contributed by atoms with Gasteiger partial charge in [0.1, 0.15) is 5.75 Å². The molecule has 0 aromatic heterocycles. The highest BCUT2D eigenvalue weighted by Crippen LogP contribution is 2.23. The minimum Gasteiger partial charge on any atom is -0.497 e. The summed E-state index contributed by atoms with van der Waals surface area (Å²) < 4.78 is 35.7. The Bertz CT molecular complexity index is 973. The Balaban J connectivity index is 1.93. The fourth-order valence-electron chi connectivity index (χ4n) is 2.76. The van der Waals surface area contributed by atoms with Gasteiger partial charge in [-0.3, -0.25) is 9.10 Å². The second kappa shape index (κ2) is 10.6. The molecule has 2 aromatic carbocycles. The van der Waals surface area contributed by atoms with E-state index >= 15 is 0 Å². The number of nitrogens with zero attached hydrogens (tertiary/aromatic N) is 1. The SMILES string of the molecule is CCOC(=O)c1ccc(NC(=O)CCCN(c2cccc(OC)c2)S(C)(=O)=O)cc1. The highest BCUT2D eigenvalue weighted by atomic mass is 32.2. The van der Waals surface area contributed by atoms with Gasteiger partial charge in [0.15, 0.2) is 0 Å². The fraction of sp³-hybridized carbons (Fsp3) is 0.333. The van der Waals surface area contributed by atoms with Crippen LogP contribution in [0.25, 0.3) is 0 Å². The minimum absolute atomic E-state index is 0.135. The number of anilines is 2.